The van der Waals surface area contributed by atoms with E-state index in [0.717, 1.165) is 59.7 Å². The van der Waals surface area contributed by atoms with Crippen LogP contribution in [-0.2, 0) is 47.8 Å². The maximum Gasteiger partial charge on any atom is 0.418 e. The van der Waals surface area contributed by atoms with Gasteiger partial charge in [0.25, 0.3) is 0 Å². The highest BCUT2D eigenvalue weighted by Gasteiger charge is 2.40. The lowest BCUT2D eigenvalue weighted by Crippen LogP contribution is -2.57. The van der Waals surface area contributed by atoms with Gasteiger partial charge in [0.05, 0.1) is 29.1 Å². The van der Waals surface area contributed by atoms with Crippen molar-refractivity contribution < 1.29 is 45.4 Å². The van der Waals surface area contributed by atoms with Gasteiger partial charge in [0.15, 0.2) is 10.3 Å². The van der Waals surface area contributed by atoms with Crippen LogP contribution in [-0.4, -0.2) is 143 Å². The Hall–Kier alpha value is -5.76. The normalized spacial score (nSPS) is 17.8. The molecular weight excluding hydrogens is 1110 g/mol. The van der Waals surface area contributed by atoms with Gasteiger partial charge in [0, 0.05) is 73.6 Å². The minimum absolute atomic E-state index is 0.0764. The summed E-state index contributed by atoms with van der Waals surface area (Å²) in [5.41, 5.74) is 1.47. The van der Waals surface area contributed by atoms with E-state index < -0.39 is 40.8 Å². The van der Waals surface area contributed by atoms with Crippen molar-refractivity contribution in [3.05, 3.63) is 109 Å². The van der Waals surface area contributed by atoms with E-state index in [4.69, 9.17) is 32.6 Å². The molecule has 25 heteroatoms. The van der Waals surface area contributed by atoms with E-state index in [0.29, 0.717) is 63.1 Å². The predicted molar refractivity (Wildman–Crippen MR) is 289 cm³/mol. The summed E-state index contributed by atoms with van der Waals surface area (Å²) in [7, 11) is 0. The molecule has 2 atom stereocenters. The zero-order valence-electron chi connectivity index (χ0n) is 44.2. The molecule has 2 fully saturated rings. The lowest BCUT2D eigenvalue weighted by atomic mass is 10.0. The molecule has 1 N–H and O–H groups in total. The summed E-state index contributed by atoms with van der Waals surface area (Å²) >= 11 is 5.71. The molecule has 0 aliphatic carbocycles. The van der Waals surface area contributed by atoms with Gasteiger partial charge in [-0.3, -0.25) is 9.80 Å². The number of benzene rings is 2. The average molecular weight is 1180 g/mol. The molecule has 416 valence electrons. The number of rotatable bonds is 7. The second kappa shape index (κ2) is 25.8. The molecule has 0 bridgehead atoms. The van der Waals surface area contributed by atoms with Gasteiger partial charge in [-0.25, -0.2) is 42.7 Å². The van der Waals surface area contributed by atoms with Crippen LogP contribution in [0, 0.1) is 13.1 Å². The summed E-state index contributed by atoms with van der Waals surface area (Å²) in [5, 5.41) is 4.65. The number of carbonyl (C=O) groups excluding carboxylic acids is 2. The summed E-state index contributed by atoms with van der Waals surface area (Å²) in [6, 6.07) is 10.3. The van der Waals surface area contributed by atoms with Gasteiger partial charge < -0.3 is 39.2 Å². The standard InChI is InChI=1S/C26H31F3N6O2S.C19H28N6O2S.C7H4BrF3/c1-25(2,3)37-24(36)35-13-12-34(15-17(35)14-30-4)22-18-10-11-33(16-20(18)31-23(32-22)38-5)21-9-7-6-8-19(21)26(27,28)29;1-19(2,3)27-18(26)25-9-8-24(12-13(25)10-20-4)16-14-6-7-21-11-15(14)22-17(23-16)28-5;8-6-4-2-1-3-5(6)7(9,10)11/h6-9,17H,10-16H2,1-3,5H3;13,21H,6-12H2,1-3,5H3;1-4H. The lowest BCUT2D eigenvalue weighted by Gasteiger charge is -2.41. The van der Waals surface area contributed by atoms with Crippen molar-refractivity contribution in [1.29, 1.82) is 0 Å². The average Bonchev–Trinajstić information content (AvgIpc) is 3.38. The largest absolute Gasteiger partial charge is 0.444 e. The third-order valence-electron chi connectivity index (χ3n) is 12.4. The Kier molecular flexibility index (Phi) is 20.3. The van der Waals surface area contributed by atoms with Crippen molar-refractivity contribution in [1.82, 2.24) is 35.1 Å². The van der Waals surface area contributed by atoms with Crippen LogP contribution in [0.4, 0.5) is 53.3 Å². The molecule has 0 saturated carbocycles. The van der Waals surface area contributed by atoms with Crippen molar-refractivity contribution in [2.75, 3.05) is 92.7 Å². The first-order valence-corrected chi connectivity index (χ1v) is 28.0. The van der Waals surface area contributed by atoms with Gasteiger partial charge in [0.1, 0.15) is 34.9 Å². The molecule has 4 aliphatic rings. The Bertz CT molecular complexity index is 2800. The van der Waals surface area contributed by atoms with Crippen molar-refractivity contribution in [2.45, 2.75) is 113 Å². The number of nitrogens with one attached hydrogen (secondary N) is 1. The summed E-state index contributed by atoms with van der Waals surface area (Å²) in [5.74, 6) is 1.68. The van der Waals surface area contributed by atoms with Crippen molar-refractivity contribution >= 4 is 69.0 Å². The molecule has 4 aliphatic heterocycles. The minimum atomic E-state index is -4.45. The molecule has 2 aromatic heterocycles. The van der Waals surface area contributed by atoms with Crippen LogP contribution in [0.15, 0.2) is 63.3 Å². The number of thioether (sulfide) groups is 2. The van der Waals surface area contributed by atoms with Crippen LogP contribution < -0.4 is 20.0 Å². The maximum absolute atomic E-state index is 13.7. The number of hydrogen-bond acceptors (Lipinski definition) is 14. The first-order chi connectivity index (χ1) is 36.2. The van der Waals surface area contributed by atoms with Gasteiger partial charge >= 0.3 is 24.5 Å². The van der Waals surface area contributed by atoms with Crippen LogP contribution in [0.25, 0.3) is 9.69 Å². The number of halogens is 7. The lowest BCUT2D eigenvalue weighted by molar-refractivity contribution is -0.138. The molecule has 6 heterocycles. The quantitative estimate of drug-likeness (QED) is 0.0812. The number of fused-ring (bicyclic) bond motifs is 2. The zero-order chi connectivity index (χ0) is 56.5. The molecule has 2 unspecified atom stereocenters. The molecular formula is C52H63BrF6N12O4S2. The molecule has 0 radical (unpaired) electrons. The fourth-order valence-corrected chi connectivity index (χ4v) is 10.3. The molecule has 2 aromatic carbocycles. The number of para-hydroxylation sites is 1. The van der Waals surface area contributed by atoms with E-state index in [1.54, 1.807) is 47.6 Å². The Morgan fingerprint density at radius 2 is 1.13 bits per heavy atom. The van der Waals surface area contributed by atoms with E-state index in [1.807, 2.05) is 33.3 Å². The number of amides is 2. The van der Waals surface area contributed by atoms with Crippen LogP contribution >= 0.6 is 39.5 Å². The topological polar surface area (TPSA) is 141 Å². The van der Waals surface area contributed by atoms with E-state index in [9.17, 15) is 35.9 Å². The summed E-state index contributed by atoms with van der Waals surface area (Å²) in [6.45, 7) is 31.4. The highest BCUT2D eigenvalue weighted by Crippen LogP contribution is 2.40. The van der Waals surface area contributed by atoms with Crippen LogP contribution in [0.5, 0.6) is 0 Å². The van der Waals surface area contributed by atoms with E-state index in [2.05, 4.69) is 50.7 Å². The fourth-order valence-electron chi connectivity index (χ4n) is 9.04. The summed E-state index contributed by atoms with van der Waals surface area (Å²) in [4.78, 5) is 60.7. The van der Waals surface area contributed by atoms with Gasteiger partial charge in [0.2, 0.25) is 13.1 Å². The highest BCUT2D eigenvalue weighted by molar-refractivity contribution is 9.10. The van der Waals surface area contributed by atoms with E-state index >= 15 is 0 Å². The number of aromatic nitrogens is 4. The van der Waals surface area contributed by atoms with E-state index in [1.165, 1.54) is 53.4 Å². The molecule has 8 rings (SSSR count). The first kappa shape index (κ1) is 60.5. The number of hydrogen-bond donors (Lipinski definition) is 1. The van der Waals surface area contributed by atoms with Crippen molar-refractivity contribution in [3.8, 4) is 0 Å². The summed E-state index contributed by atoms with van der Waals surface area (Å²) < 4.78 is 88.3. The Morgan fingerprint density at radius 3 is 1.58 bits per heavy atom. The second-order valence-corrected chi connectivity index (χ2v) is 22.6. The Morgan fingerprint density at radius 1 is 0.662 bits per heavy atom. The van der Waals surface area contributed by atoms with Gasteiger partial charge in [-0.05, 0) is 97.7 Å². The van der Waals surface area contributed by atoms with Crippen molar-refractivity contribution in [3.63, 3.8) is 0 Å². The smallest absolute Gasteiger partial charge is 0.418 e. The molecule has 16 nitrogen and oxygen atoms in total. The van der Waals surface area contributed by atoms with Crippen molar-refractivity contribution in [2.24, 2.45) is 0 Å². The molecule has 0 spiro atoms. The van der Waals surface area contributed by atoms with E-state index in [-0.39, 0.29) is 48.0 Å². The monoisotopic (exact) mass is 1180 g/mol. The Balaban J connectivity index is 0.000000214. The third-order valence-corrected chi connectivity index (χ3v) is 14.2. The van der Waals surface area contributed by atoms with Crippen LogP contribution in [0.3, 0.4) is 0 Å². The highest BCUT2D eigenvalue weighted by atomic mass is 79.9. The molecule has 77 heavy (non-hydrogen) atoms. The number of carbonyl (C=O) groups is 2. The molecule has 2 saturated heterocycles. The first-order valence-electron chi connectivity index (χ1n) is 24.7. The van der Waals surface area contributed by atoms with Gasteiger partial charge in [-0.2, -0.15) is 26.3 Å². The zero-order valence-corrected chi connectivity index (χ0v) is 47.4. The SMILES string of the molecule is FC(F)(F)c1ccccc1Br.[C-]#[N+]CC1CN(c2nc(SC)nc3c2CCN(c2ccccc2C(F)(F)F)C3)CCN1C(=O)OC(C)(C)C.[C-]#[N+]CC1CN(c2nc(SC)nc3c2CCNC3)CCN1C(=O)OC(C)(C)C. The fraction of sp³-hybridized carbons (Fsp3) is 0.538. The Labute approximate surface area is 462 Å². The summed E-state index contributed by atoms with van der Waals surface area (Å²) in [6.07, 6.45) is -4.32. The van der Waals surface area contributed by atoms with Crippen LogP contribution in [0.2, 0.25) is 0 Å². The number of ether oxygens (including phenoxy) is 2. The van der Waals surface area contributed by atoms with Gasteiger partial charge in [-0.15, -0.1) is 0 Å². The number of anilines is 3. The third kappa shape index (κ3) is 16.2. The molecule has 2 amide bonds. The number of alkyl halides is 6. The number of piperazine rings is 2. The minimum Gasteiger partial charge on any atom is -0.444 e. The predicted octanol–water partition coefficient (Wildman–Crippen LogP) is 10.8. The maximum atomic E-state index is 13.7. The van der Waals surface area contributed by atoms with Gasteiger partial charge in [-0.1, -0.05) is 63.7 Å². The molecule has 4 aromatic rings. The van der Waals surface area contributed by atoms with Crippen LogP contribution in [0.1, 0.15) is 75.2 Å². The second-order valence-electron chi connectivity index (χ2n) is 20.2. The number of nitrogens with zero attached hydrogens (tertiary/aromatic N) is 11.